The molecule has 3 atom stereocenters. The van der Waals surface area contributed by atoms with Crippen molar-refractivity contribution in [2.45, 2.75) is 51.6 Å². The molecular formula is C13H24N2O4. The molecule has 0 radical (unpaired) electrons. The number of carboxylic acid groups (broad SMARTS) is 1. The van der Waals surface area contributed by atoms with Gasteiger partial charge in [0.05, 0.1) is 12.6 Å². The van der Waals surface area contributed by atoms with Gasteiger partial charge < -0.3 is 20.4 Å². The Labute approximate surface area is 113 Å². The van der Waals surface area contributed by atoms with Gasteiger partial charge in [-0.05, 0) is 25.2 Å². The number of urea groups is 1. The van der Waals surface area contributed by atoms with Crippen LogP contribution in [0.3, 0.4) is 0 Å². The summed E-state index contributed by atoms with van der Waals surface area (Å²) in [5.41, 5.74) is 0. The summed E-state index contributed by atoms with van der Waals surface area (Å²) in [6, 6.07) is -1.45. The SMILES string of the molecule is CCC(C)[C@H](NC(=O)N1CCCCC1CO)C(=O)O. The van der Waals surface area contributed by atoms with Gasteiger partial charge in [-0.2, -0.15) is 0 Å². The molecule has 3 N–H and O–H groups in total. The fourth-order valence-corrected chi connectivity index (χ4v) is 2.36. The highest BCUT2D eigenvalue weighted by Crippen LogP contribution is 2.17. The second-order valence-corrected chi connectivity index (χ2v) is 5.18. The summed E-state index contributed by atoms with van der Waals surface area (Å²) >= 11 is 0. The van der Waals surface area contributed by atoms with Crippen LogP contribution in [-0.2, 0) is 4.79 Å². The number of rotatable bonds is 5. The zero-order chi connectivity index (χ0) is 14.4. The average Bonchev–Trinajstić information content (AvgIpc) is 2.43. The van der Waals surface area contributed by atoms with E-state index in [1.54, 1.807) is 11.8 Å². The number of aliphatic hydroxyl groups is 1. The van der Waals surface area contributed by atoms with Crippen molar-refractivity contribution in [3.63, 3.8) is 0 Å². The molecule has 19 heavy (non-hydrogen) atoms. The van der Waals surface area contributed by atoms with Crippen molar-refractivity contribution in [2.24, 2.45) is 5.92 Å². The van der Waals surface area contributed by atoms with Crippen LogP contribution in [-0.4, -0.2) is 52.3 Å². The van der Waals surface area contributed by atoms with Crippen LogP contribution in [0, 0.1) is 5.92 Å². The van der Waals surface area contributed by atoms with E-state index >= 15 is 0 Å². The molecule has 1 rings (SSSR count). The van der Waals surface area contributed by atoms with Crippen molar-refractivity contribution in [3.8, 4) is 0 Å². The maximum Gasteiger partial charge on any atom is 0.326 e. The molecule has 1 heterocycles. The number of aliphatic carboxylic acids is 1. The number of nitrogens with one attached hydrogen (secondary N) is 1. The molecule has 0 aliphatic carbocycles. The first-order chi connectivity index (χ1) is 9.01. The standard InChI is InChI=1S/C13H24N2O4/c1-3-9(2)11(12(17)18)14-13(19)15-7-5-4-6-10(15)8-16/h9-11,16H,3-8H2,1-2H3,(H,14,19)(H,17,18)/t9?,10?,11-/m0/s1. The predicted molar refractivity (Wildman–Crippen MR) is 70.8 cm³/mol. The Bertz CT molecular complexity index is 322. The van der Waals surface area contributed by atoms with Crippen LogP contribution in [0.2, 0.25) is 0 Å². The number of hydrogen-bond acceptors (Lipinski definition) is 3. The first-order valence-electron chi connectivity index (χ1n) is 6.92. The van der Waals surface area contributed by atoms with Gasteiger partial charge in [0.2, 0.25) is 0 Å². The fourth-order valence-electron chi connectivity index (χ4n) is 2.36. The lowest BCUT2D eigenvalue weighted by molar-refractivity contribution is -0.140. The molecule has 2 unspecified atom stereocenters. The molecule has 6 nitrogen and oxygen atoms in total. The van der Waals surface area contributed by atoms with Gasteiger partial charge in [-0.15, -0.1) is 0 Å². The molecule has 1 aliphatic rings. The second kappa shape index (κ2) is 7.33. The Morgan fingerprint density at radius 3 is 2.63 bits per heavy atom. The fraction of sp³-hybridized carbons (Fsp3) is 0.846. The zero-order valence-electron chi connectivity index (χ0n) is 11.6. The number of carbonyl (C=O) groups excluding carboxylic acids is 1. The summed E-state index contributed by atoms with van der Waals surface area (Å²) in [5.74, 6) is -1.14. The van der Waals surface area contributed by atoms with Gasteiger partial charge in [0.25, 0.3) is 0 Å². The van der Waals surface area contributed by atoms with Crippen LogP contribution < -0.4 is 5.32 Å². The van der Waals surface area contributed by atoms with Crippen LogP contribution in [0.15, 0.2) is 0 Å². The number of piperidine rings is 1. The van der Waals surface area contributed by atoms with Crippen LogP contribution in [0.5, 0.6) is 0 Å². The second-order valence-electron chi connectivity index (χ2n) is 5.18. The van der Waals surface area contributed by atoms with E-state index in [0.29, 0.717) is 13.0 Å². The molecule has 0 bridgehead atoms. The monoisotopic (exact) mass is 272 g/mol. The molecule has 0 aromatic heterocycles. The summed E-state index contributed by atoms with van der Waals surface area (Å²) in [4.78, 5) is 24.9. The van der Waals surface area contributed by atoms with Crippen LogP contribution in [0.4, 0.5) is 4.79 Å². The number of carboxylic acids is 1. The quantitative estimate of drug-likeness (QED) is 0.697. The van der Waals surface area contributed by atoms with Gasteiger partial charge in [-0.25, -0.2) is 9.59 Å². The Morgan fingerprint density at radius 1 is 1.42 bits per heavy atom. The van der Waals surface area contributed by atoms with E-state index < -0.39 is 12.0 Å². The van der Waals surface area contributed by atoms with Crippen LogP contribution >= 0.6 is 0 Å². The molecule has 110 valence electrons. The van der Waals surface area contributed by atoms with E-state index in [9.17, 15) is 14.7 Å². The first-order valence-corrected chi connectivity index (χ1v) is 6.92. The molecule has 0 aromatic carbocycles. The highest BCUT2D eigenvalue weighted by atomic mass is 16.4. The minimum absolute atomic E-state index is 0.0749. The third-order valence-corrected chi connectivity index (χ3v) is 3.86. The van der Waals surface area contributed by atoms with Gasteiger partial charge >= 0.3 is 12.0 Å². The molecular weight excluding hydrogens is 248 g/mol. The molecule has 0 saturated carbocycles. The largest absolute Gasteiger partial charge is 0.480 e. The van der Waals surface area contributed by atoms with E-state index in [-0.39, 0.29) is 24.6 Å². The number of likely N-dealkylation sites (tertiary alicyclic amines) is 1. The van der Waals surface area contributed by atoms with Crippen molar-refractivity contribution < 1.29 is 19.8 Å². The lowest BCUT2D eigenvalue weighted by Crippen LogP contribution is -2.55. The Morgan fingerprint density at radius 2 is 2.11 bits per heavy atom. The third-order valence-electron chi connectivity index (χ3n) is 3.86. The van der Waals surface area contributed by atoms with Crippen LogP contribution in [0.25, 0.3) is 0 Å². The molecule has 2 amide bonds. The molecule has 1 fully saturated rings. The Balaban J connectivity index is 2.67. The Hall–Kier alpha value is -1.30. The normalized spacial score (nSPS) is 22.7. The number of nitrogens with zero attached hydrogens (tertiary/aromatic N) is 1. The van der Waals surface area contributed by atoms with Crippen molar-refractivity contribution in [2.75, 3.05) is 13.2 Å². The van der Waals surface area contributed by atoms with E-state index in [1.165, 1.54) is 0 Å². The van der Waals surface area contributed by atoms with Gasteiger partial charge in [-0.3, -0.25) is 0 Å². The third kappa shape index (κ3) is 4.09. The first kappa shape index (κ1) is 15.8. The molecule has 6 heteroatoms. The van der Waals surface area contributed by atoms with Gasteiger partial charge in [0.15, 0.2) is 0 Å². The van der Waals surface area contributed by atoms with Crippen molar-refractivity contribution in [1.82, 2.24) is 10.2 Å². The minimum atomic E-state index is -1.01. The summed E-state index contributed by atoms with van der Waals surface area (Å²) in [6.07, 6.45) is 3.33. The van der Waals surface area contributed by atoms with Gasteiger partial charge in [-0.1, -0.05) is 20.3 Å². The maximum atomic E-state index is 12.1. The zero-order valence-corrected chi connectivity index (χ0v) is 11.6. The minimum Gasteiger partial charge on any atom is -0.480 e. The molecule has 0 aromatic rings. The number of amides is 2. The summed E-state index contributed by atoms with van der Waals surface area (Å²) in [6.45, 7) is 4.20. The molecule has 0 spiro atoms. The van der Waals surface area contributed by atoms with E-state index in [0.717, 1.165) is 19.3 Å². The van der Waals surface area contributed by atoms with Crippen molar-refractivity contribution >= 4 is 12.0 Å². The Kier molecular flexibility index (Phi) is 6.08. The predicted octanol–water partition coefficient (Wildman–Crippen LogP) is 1.04. The number of hydrogen-bond donors (Lipinski definition) is 3. The average molecular weight is 272 g/mol. The van der Waals surface area contributed by atoms with E-state index in [2.05, 4.69) is 5.32 Å². The smallest absolute Gasteiger partial charge is 0.326 e. The molecule has 1 aliphatic heterocycles. The topological polar surface area (TPSA) is 89.9 Å². The molecule has 1 saturated heterocycles. The van der Waals surface area contributed by atoms with Gasteiger partial charge in [0, 0.05) is 6.54 Å². The van der Waals surface area contributed by atoms with Gasteiger partial charge in [0.1, 0.15) is 6.04 Å². The van der Waals surface area contributed by atoms with Crippen molar-refractivity contribution in [1.29, 1.82) is 0 Å². The van der Waals surface area contributed by atoms with E-state index in [4.69, 9.17) is 5.11 Å². The maximum absolute atomic E-state index is 12.1. The highest BCUT2D eigenvalue weighted by molar-refractivity contribution is 5.83. The summed E-state index contributed by atoms with van der Waals surface area (Å²) < 4.78 is 0. The van der Waals surface area contributed by atoms with E-state index in [1.807, 2.05) is 6.92 Å². The van der Waals surface area contributed by atoms with Crippen LogP contribution in [0.1, 0.15) is 39.5 Å². The number of carbonyl (C=O) groups is 2. The highest BCUT2D eigenvalue weighted by Gasteiger charge is 2.31. The number of aliphatic hydroxyl groups excluding tert-OH is 1. The summed E-state index contributed by atoms with van der Waals surface area (Å²) in [5, 5.41) is 21.0. The lowest BCUT2D eigenvalue weighted by atomic mass is 9.99. The van der Waals surface area contributed by atoms with Crippen molar-refractivity contribution in [3.05, 3.63) is 0 Å². The summed E-state index contributed by atoms with van der Waals surface area (Å²) in [7, 11) is 0. The lowest BCUT2D eigenvalue weighted by Gasteiger charge is -2.35.